The van der Waals surface area contributed by atoms with Crippen molar-refractivity contribution >= 4 is 15.9 Å². The van der Waals surface area contributed by atoms with Crippen molar-refractivity contribution in [2.24, 2.45) is 0 Å². The number of hydrogen-bond donors (Lipinski definition) is 1. The monoisotopic (exact) mass is 308 g/mol. The molecule has 2 rings (SSSR count). The molecule has 0 spiro atoms. The highest BCUT2D eigenvalue weighted by Crippen LogP contribution is 2.16. The van der Waals surface area contributed by atoms with Crippen molar-refractivity contribution < 1.29 is 4.39 Å². The number of nitrogens with zero attached hydrogens (tertiary/aromatic N) is 1. The molecule has 0 radical (unpaired) electrons. The summed E-state index contributed by atoms with van der Waals surface area (Å²) >= 11 is 3.14. The Morgan fingerprint density at radius 2 is 2.11 bits per heavy atom. The van der Waals surface area contributed by atoms with Crippen LogP contribution in [0.15, 0.2) is 47.2 Å². The van der Waals surface area contributed by atoms with E-state index < -0.39 is 0 Å². The highest BCUT2D eigenvalue weighted by molar-refractivity contribution is 9.10. The van der Waals surface area contributed by atoms with Crippen LogP contribution >= 0.6 is 15.9 Å². The van der Waals surface area contributed by atoms with Gasteiger partial charge in [0.05, 0.1) is 4.47 Å². The summed E-state index contributed by atoms with van der Waals surface area (Å²) in [6.07, 6.45) is 4.55. The SMILES string of the molecule is Fc1cc(CNCCc2cccnc2)ccc1Br. The van der Waals surface area contributed by atoms with Crippen LogP contribution in [0.25, 0.3) is 0 Å². The normalized spacial score (nSPS) is 10.6. The lowest BCUT2D eigenvalue weighted by Crippen LogP contribution is -2.16. The third-order valence-electron chi connectivity index (χ3n) is 2.63. The van der Waals surface area contributed by atoms with Crippen molar-refractivity contribution in [1.82, 2.24) is 10.3 Å². The first-order valence-electron chi connectivity index (χ1n) is 5.79. The number of rotatable bonds is 5. The first-order chi connectivity index (χ1) is 8.75. The summed E-state index contributed by atoms with van der Waals surface area (Å²) in [6, 6.07) is 9.16. The summed E-state index contributed by atoms with van der Waals surface area (Å²) in [4.78, 5) is 4.06. The Balaban J connectivity index is 1.77. The molecule has 0 saturated carbocycles. The standard InChI is InChI=1S/C14H14BrFN2/c15-13-4-3-12(8-14(13)16)10-18-7-5-11-2-1-6-17-9-11/h1-4,6,8-9,18H,5,7,10H2. The molecule has 1 aromatic carbocycles. The van der Waals surface area contributed by atoms with E-state index in [-0.39, 0.29) is 5.82 Å². The number of hydrogen-bond acceptors (Lipinski definition) is 2. The fraction of sp³-hybridized carbons (Fsp3) is 0.214. The van der Waals surface area contributed by atoms with Crippen molar-refractivity contribution in [3.63, 3.8) is 0 Å². The zero-order valence-electron chi connectivity index (χ0n) is 9.87. The lowest BCUT2D eigenvalue weighted by Gasteiger charge is -2.05. The molecule has 1 aromatic heterocycles. The summed E-state index contributed by atoms with van der Waals surface area (Å²) in [5.41, 5.74) is 2.15. The van der Waals surface area contributed by atoms with Gasteiger partial charge in [0.2, 0.25) is 0 Å². The summed E-state index contributed by atoms with van der Waals surface area (Å²) < 4.78 is 13.8. The fourth-order valence-electron chi connectivity index (χ4n) is 1.66. The average Bonchev–Trinajstić information content (AvgIpc) is 2.40. The molecule has 0 unspecified atom stereocenters. The van der Waals surface area contributed by atoms with Crippen LogP contribution in [0.5, 0.6) is 0 Å². The Morgan fingerprint density at radius 1 is 1.22 bits per heavy atom. The second-order valence-corrected chi connectivity index (χ2v) is 4.89. The van der Waals surface area contributed by atoms with Crippen LogP contribution in [0.2, 0.25) is 0 Å². The van der Waals surface area contributed by atoms with Gasteiger partial charge in [-0.15, -0.1) is 0 Å². The molecule has 0 aliphatic carbocycles. The van der Waals surface area contributed by atoms with E-state index in [1.54, 1.807) is 18.3 Å². The molecule has 2 nitrogen and oxygen atoms in total. The van der Waals surface area contributed by atoms with Gasteiger partial charge in [0, 0.05) is 18.9 Å². The number of aromatic nitrogens is 1. The van der Waals surface area contributed by atoms with E-state index in [9.17, 15) is 4.39 Å². The van der Waals surface area contributed by atoms with Gasteiger partial charge in [0.1, 0.15) is 5.82 Å². The van der Waals surface area contributed by atoms with E-state index in [0.29, 0.717) is 11.0 Å². The molecule has 0 atom stereocenters. The van der Waals surface area contributed by atoms with Gasteiger partial charge in [-0.2, -0.15) is 0 Å². The average molecular weight is 309 g/mol. The van der Waals surface area contributed by atoms with Gasteiger partial charge >= 0.3 is 0 Å². The molecule has 0 fully saturated rings. The molecule has 94 valence electrons. The molecule has 4 heteroatoms. The van der Waals surface area contributed by atoms with Crippen LogP contribution in [0.4, 0.5) is 4.39 Å². The van der Waals surface area contributed by atoms with Crippen molar-refractivity contribution in [2.45, 2.75) is 13.0 Å². The van der Waals surface area contributed by atoms with Gasteiger partial charge in [0.25, 0.3) is 0 Å². The van der Waals surface area contributed by atoms with E-state index in [1.165, 1.54) is 5.56 Å². The van der Waals surface area contributed by atoms with Gasteiger partial charge in [0.15, 0.2) is 0 Å². The quantitative estimate of drug-likeness (QED) is 0.857. The van der Waals surface area contributed by atoms with Crippen LogP contribution in [0, 0.1) is 5.82 Å². The highest BCUT2D eigenvalue weighted by Gasteiger charge is 2.00. The first kappa shape index (κ1) is 13.2. The number of halogens is 2. The van der Waals surface area contributed by atoms with Gasteiger partial charge in [-0.3, -0.25) is 4.98 Å². The predicted octanol–water partition coefficient (Wildman–Crippen LogP) is 3.32. The van der Waals surface area contributed by atoms with Crippen molar-refractivity contribution in [1.29, 1.82) is 0 Å². The number of benzene rings is 1. The summed E-state index contributed by atoms with van der Waals surface area (Å²) in [6.45, 7) is 1.52. The van der Waals surface area contributed by atoms with E-state index in [2.05, 4.69) is 26.2 Å². The Kier molecular flexibility index (Phi) is 4.84. The molecular weight excluding hydrogens is 295 g/mol. The Bertz CT molecular complexity index is 502. The molecule has 0 aliphatic rings. The lowest BCUT2D eigenvalue weighted by molar-refractivity contribution is 0.614. The summed E-state index contributed by atoms with van der Waals surface area (Å²) in [7, 11) is 0. The second kappa shape index (κ2) is 6.61. The molecule has 0 aliphatic heterocycles. The largest absolute Gasteiger partial charge is 0.312 e. The minimum absolute atomic E-state index is 0.221. The zero-order valence-corrected chi connectivity index (χ0v) is 11.5. The van der Waals surface area contributed by atoms with Gasteiger partial charge in [-0.05, 0) is 58.2 Å². The second-order valence-electron chi connectivity index (χ2n) is 4.04. The van der Waals surface area contributed by atoms with Crippen LogP contribution in [0.1, 0.15) is 11.1 Å². The number of pyridine rings is 1. The molecular formula is C14H14BrFN2. The third-order valence-corrected chi connectivity index (χ3v) is 3.27. The van der Waals surface area contributed by atoms with E-state index in [0.717, 1.165) is 18.5 Å². The molecule has 18 heavy (non-hydrogen) atoms. The summed E-state index contributed by atoms with van der Waals surface area (Å²) in [5, 5.41) is 3.29. The van der Waals surface area contributed by atoms with Gasteiger partial charge in [-0.1, -0.05) is 12.1 Å². The van der Waals surface area contributed by atoms with Crippen molar-refractivity contribution in [3.05, 3.63) is 64.1 Å². The Labute approximate surface area is 114 Å². The minimum atomic E-state index is -0.221. The maximum Gasteiger partial charge on any atom is 0.137 e. The minimum Gasteiger partial charge on any atom is -0.312 e. The van der Waals surface area contributed by atoms with Crippen LogP contribution in [-0.2, 0) is 13.0 Å². The van der Waals surface area contributed by atoms with E-state index in [1.807, 2.05) is 24.4 Å². The topological polar surface area (TPSA) is 24.9 Å². The molecule has 1 heterocycles. The van der Waals surface area contributed by atoms with E-state index in [4.69, 9.17) is 0 Å². The molecule has 1 N–H and O–H groups in total. The van der Waals surface area contributed by atoms with Crippen molar-refractivity contribution in [3.8, 4) is 0 Å². The maximum absolute atomic E-state index is 13.3. The third kappa shape index (κ3) is 3.89. The summed E-state index contributed by atoms with van der Waals surface area (Å²) in [5.74, 6) is -0.221. The van der Waals surface area contributed by atoms with Crippen LogP contribution in [0.3, 0.4) is 0 Å². The molecule has 0 bridgehead atoms. The number of nitrogens with one attached hydrogen (secondary N) is 1. The molecule has 0 amide bonds. The lowest BCUT2D eigenvalue weighted by atomic mass is 10.2. The first-order valence-corrected chi connectivity index (χ1v) is 6.58. The maximum atomic E-state index is 13.3. The molecule has 2 aromatic rings. The van der Waals surface area contributed by atoms with Crippen molar-refractivity contribution in [2.75, 3.05) is 6.54 Å². The smallest absolute Gasteiger partial charge is 0.137 e. The van der Waals surface area contributed by atoms with Crippen LogP contribution in [-0.4, -0.2) is 11.5 Å². The Hall–Kier alpha value is -1.26. The molecule has 0 saturated heterocycles. The Morgan fingerprint density at radius 3 is 2.83 bits per heavy atom. The van der Waals surface area contributed by atoms with Gasteiger partial charge in [-0.25, -0.2) is 4.39 Å². The van der Waals surface area contributed by atoms with E-state index >= 15 is 0 Å². The zero-order chi connectivity index (χ0) is 12.8. The van der Waals surface area contributed by atoms with Gasteiger partial charge < -0.3 is 5.32 Å². The predicted molar refractivity (Wildman–Crippen MR) is 73.7 cm³/mol. The fourth-order valence-corrected chi connectivity index (χ4v) is 1.91. The van der Waals surface area contributed by atoms with Crippen LogP contribution < -0.4 is 5.32 Å². The highest BCUT2D eigenvalue weighted by atomic mass is 79.9.